The van der Waals surface area contributed by atoms with Crippen molar-refractivity contribution in [1.29, 1.82) is 5.26 Å². The fourth-order valence-corrected chi connectivity index (χ4v) is 3.61. The van der Waals surface area contributed by atoms with Crippen molar-refractivity contribution in [3.63, 3.8) is 0 Å². The quantitative estimate of drug-likeness (QED) is 0.617. The largest absolute Gasteiger partial charge is 0.488 e. The number of fused-ring (bicyclic) bond motifs is 3. The van der Waals surface area contributed by atoms with Crippen LogP contribution in [0.4, 0.5) is 0 Å². The van der Waals surface area contributed by atoms with Crippen molar-refractivity contribution in [2.45, 2.75) is 33.0 Å². The fraction of sp³-hybridized carbons (Fsp3) is 0.208. The summed E-state index contributed by atoms with van der Waals surface area (Å²) in [6.07, 6.45) is 1.44. The molecule has 0 amide bonds. The molecule has 1 aliphatic rings. The van der Waals surface area contributed by atoms with E-state index in [4.69, 9.17) is 14.7 Å². The van der Waals surface area contributed by atoms with Crippen LogP contribution in [0, 0.1) is 11.3 Å². The average Bonchev–Trinajstić information content (AvgIpc) is 2.73. The molecule has 0 unspecified atom stereocenters. The van der Waals surface area contributed by atoms with Crippen molar-refractivity contribution in [3.05, 3.63) is 82.9 Å². The number of hydrogen-bond acceptors (Lipinski definition) is 3. The van der Waals surface area contributed by atoms with Gasteiger partial charge in [-0.25, -0.2) is 0 Å². The van der Waals surface area contributed by atoms with Gasteiger partial charge >= 0.3 is 7.48 Å². The van der Waals surface area contributed by atoms with E-state index in [1.165, 1.54) is 22.3 Å². The minimum Gasteiger partial charge on any atom is -0.488 e. The Hall–Kier alpha value is -3.03. The highest BCUT2D eigenvalue weighted by molar-refractivity contribution is 6.47. The van der Waals surface area contributed by atoms with Crippen LogP contribution in [0.25, 0.3) is 11.1 Å². The van der Waals surface area contributed by atoms with Gasteiger partial charge in [0.1, 0.15) is 12.4 Å². The maximum Gasteiger partial charge on any atom is 0.309 e. The van der Waals surface area contributed by atoms with Crippen molar-refractivity contribution in [2.24, 2.45) is 0 Å². The number of hydrogen-bond donors (Lipinski definition) is 0. The van der Waals surface area contributed by atoms with Crippen molar-refractivity contribution < 1.29 is 9.39 Å². The van der Waals surface area contributed by atoms with E-state index in [1.54, 1.807) is 0 Å². The Morgan fingerprint density at radius 1 is 1.00 bits per heavy atom. The second-order valence-corrected chi connectivity index (χ2v) is 7.11. The lowest BCUT2D eigenvalue weighted by Gasteiger charge is -2.22. The lowest BCUT2D eigenvalue weighted by atomic mass is 9.83. The predicted molar refractivity (Wildman–Crippen MR) is 113 cm³/mol. The molecule has 0 spiro atoms. The monoisotopic (exact) mass is 367 g/mol. The topological polar surface area (TPSA) is 42.2 Å². The first-order valence-corrected chi connectivity index (χ1v) is 9.67. The predicted octanol–water partition coefficient (Wildman–Crippen LogP) is 4.07. The highest BCUT2D eigenvalue weighted by atomic mass is 16.5. The summed E-state index contributed by atoms with van der Waals surface area (Å²) in [6.45, 7) is 3.29. The number of rotatable bonds is 6. The first-order chi connectivity index (χ1) is 13.8. The molecule has 3 nitrogen and oxygen atoms in total. The SMILES string of the molecule is CCc1ccc2c(c1)OCc1cc(BOCc3cccc(CC#N)c3)ccc1-2. The molecular formula is C24H22BNO2. The minimum absolute atomic E-state index is 0.430. The Labute approximate surface area is 166 Å². The van der Waals surface area contributed by atoms with Crippen LogP contribution in [-0.2, 0) is 30.7 Å². The van der Waals surface area contributed by atoms with Gasteiger partial charge in [-0.15, -0.1) is 0 Å². The van der Waals surface area contributed by atoms with Crippen LogP contribution in [-0.4, -0.2) is 7.48 Å². The molecule has 1 heterocycles. The van der Waals surface area contributed by atoms with Crippen LogP contribution in [0.2, 0.25) is 0 Å². The van der Waals surface area contributed by atoms with Gasteiger partial charge in [-0.3, -0.25) is 0 Å². The van der Waals surface area contributed by atoms with Crippen molar-refractivity contribution in [1.82, 2.24) is 0 Å². The third kappa shape index (κ3) is 3.95. The molecule has 0 radical (unpaired) electrons. The van der Waals surface area contributed by atoms with E-state index >= 15 is 0 Å². The molecule has 3 aromatic rings. The number of aryl methyl sites for hydroxylation is 1. The average molecular weight is 367 g/mol. The van der Waals surface area contributed by atoms with Crippen LogP contribution in [0.3, 0.4) is 0 Å². The first-order valence-electron chi connectivity index (χ1n) is 9.67. The second-order valence-electron chi connectivity index (χ2n) is 7.11. The molecule has 0 aliphatic carbocycles. The summed E-state index contributed by atoms with van der Waals surface area (Å²) in [5.41, 5.74) is 8.18. The number of nitrogens with zero attached hydrogens (tertiary/aromatic N) is 1. The summed E-state index contributed by atoms with van der Waals surface area (Å²) in [7, 11) is 0.553. The van der Waals surface area contributed by atoms with Crippen molar-refractivity contribution in [2.75, 3.05) is 0 Å². The van der Waals surface area contributed by atoms with Gasteiger partial charge in [-0.05, 0) is 40.3 Å². The zero-order valence-corrected chi connectivity index (χ0v) is 16.1. The summed E-state index contributed by atoms with van der Waals surface area (Å²) >= 11 is 0. The molecule has 0 fully saturated rings. The number of ether oxygens (including phenoxy) is 1. The zero-order valence-electron chi connectivity index (χ0n) is 16.1. The Kier molecular flexibility index (Phi) is 5.46. The maximum absolute atomic E-state index is 8.83. The second kappa shape index (κ2) is 8.33. The van der Waals surface area contributed by atoms with Gasteiger partial charge in [0.25, 0.3) is 0 Å². The van der Waals surface area contributed by atoms with E-state index in [9.17, 15) is 0 Å². The molecular weight excluding hydrogens is 345 g/mol. The third-order valence-corrected chi connectivity index (χ3v) is 5.11. The van der Waals surface area contributed by atoms with Crippen LogP contribution in [0.15, 0.2) is 60.7 Å². The molecule has 0 saturated heterocycles. The Bertz CT molecular complexity index is 1040. The Morgan fingerprint density at radius 3 is 2.71 bits per heavy atom. The fourth-order valence-electron chi connectivity index (χ4n) is 3.61. The highest BCUT2D eigenvalue weighted by Crippen LogP contribution is 2.37. The van der Waals surface area contributed by atoms with Crippen LogP contribution >= 0.6 is 0 Å². The van der Waals surface area contributed by atoms with E-state index < -0.39 is 0 Å². The maximum atomic E-state index is 8.83. The van der Waals surface area contributed by atoms with E-state index in [1.807, 2.05) is 24.3 Å². The van der Waals surface area contributed by atoms with E-state index in [-0.39, 0.29) is 0 Å². The zero-order chi connectivity index (χ0) is 19.3. The molecule has 4 rings (SSSR count). The van der Waals surface area contributed by atoms with Gasteiger partial charge in [0, 0.05) is 5.56 Å². The molecule has 0 bridgehead atoms. The summed E-state index contributed by atoms with van der Waals surface area (Å²) < 4.78 is 11.9. The highest BCUT2D eigenvalue weighted by Gasteiger charge is 2.18. The molecule has 4 heteroatoms. The molecule has 0 saturated carbocycles. The Morgan fingerprint density at radius 2 is 1.86 bits per heavy atom. The molecule has 0 aromatic heterocycles. The van der Waals surface area contributed by atoms with Gasteiger partial charge < -0.3 is 9.39 Å². The van der Waals surface area contributed by atoms with Crippen LogP contribution in [0.1, 0.15) is 29.2 Å². The lowest BCUT2D eigenvalue weighted by molar-refractivity contribution is 0.302. The summed E-state index contributed by atoms with van der Waals surface area (Å²) in [4.78, 5) is 0. The lowest BCUT2D eigenvalue weighted by Crippen LogP contribution is -2.19. The summed E-state index contributed by atoms with van der Waals surface area (Å²) in [6, 6.07) is 23.2. The number of nitriles is 1. The van der Waals surface area contributed by atoms with Gasteiger partial charge in [-0.2, -0.15) is 5.26 Å². The van der Waals surface area contributed by atoms with Gasteiger partial charge in [0.15, 0.2) is 0 Å². The van der Waals surface area contributed by atoms with Crippen LogP contribution in [0.5, 0.6) is 5.75 Å². The molecule has 3 aromatic carbocycles. The molecule has 0 atom stereocenters. The summed E-state index contributed by atoms with van der Waals surface area (Å²) in [5, 5.41) is 8.83. The van der Waals surface area contributed by atoms with Gasteiger partial charge in [0.2, 0.25) is 0 Å². The molecule has 28 heavy (non-hydrogen) atoms. The van der Waals surface area contributed by atoms with E-state index in [2.05, 4.69) is 49.4 Å². The van der Waals surface area contributed by atoms with Gasteiger partial charge in [0.05, 0.1) is 19.1 Å². The smallest absolute Gasteiger partial charge is 0.309 e. The van der Waals surface area contributed by atoms with E-state index in [0.717, 1.165) is 28.8 Å². The molecule has 1 aliphatic heterocycles. The van der Waals surface area contributed by atoms with E-state index in [0.29, 0.717) is 27.1 Å². The third-order valence-electron chi connectivity index (χ3n) is 5.11. The van der Waals surface area contributed by atoms with Crippen molar-refractivity contribution in [3.8, 4) is 22.9 Å². The standard InChI is InChI=1S/C24H22BNO2/c1-2-17-6-8-23-22-9-7-21(14-20(22)16-27-24(23)13-17)25-28-15-19-5-3-4-18(12-19)10-11-26/h3-9,12-14,25H,2,10,15-16H2,1H3. The Balaban J connectivity index is 1.44. The number of benzene rings is 3. The summed E-state index contributed by atoms with van der Waals surface area (Å²) in [5.74, 6) is 0.980. The molecule has 0 N–H and O–H groups in total. The van der Waals surface area contributed by atoms with Gasteiger partial charge in [-0.1, -0.05) is 67.0 Å². The molecule has 138 valence electrons. The van der Waals surface area contributed by atoms with Crippen LogP contribution < -0.4 is 10.2 Å². The normalized spacial score (nSPS) is 11.7. The first kappa shape index (κ1) is 18.3. The minimum atomic E-state index is 0.430. The van der Waals surface area contributed by atoms with Crippen molar-refractivity contribution >= 4 is 12.9 Å².